The lowest BCUT2D eigenvalue weighted by Crippen LogP contribution is -2.61. The van der Waals surface area contributed by atoms with Gasteiger partial charge in [-0.05, 0) is 31.8 Å². The van der Waals surface area contributed by atoms with Gasteiger partial charge in [-0.25, -0.2) is 0 Å². The maximum Gasteiger partial charge on any atom is 0.0736 e. The molecule has 0 aromatic carbocycles. The van der Waals surface area contributed by atoms with Crippen LogP contribution in [-0.2, 0) is 4.74 Å². The van der Waals surface area contributed by atoms with E-state index in [1.54, 1.807) is 0 Å². The molecule has 4 aliphatic rings. The average molecular weight is 263 g/mol. The molecule has 0 radical (unpaired) electrons. The van der Waals surface area contributed by atoms with E-state index < -0.39 is 0 Å². The van der Waals surface area contributed by atoms with Crippen molar-refractivity contribution in [3.05, 3.63) is 0 Å². The van der Waals surface area contributed by atoms with E-state index in [0.717, 1.165) is 32.8 Å². The molecular weight excluding hydrogens is 240 g/mol. The van der Waals surface area contributed by atoms with Gasteiger partial charge >= 0.3 is 0 Å². The first-order valence-corrected chi connectivity index (χ1v) is 6.57. The van der Waals surface area contributed by atoms with E-state index in [9.17, 15) is 5.11 Å². The van der Waals surface area contributed by atoms with E-state index in [-0.39, 0.29) is 18.5 Å². The van der Waals surface area contributed by atoms with Crippen molar-refractivity contribution in [2.75, 3.05) is 45.9 Å². The molecule has 0 spiro atoms. The Balaban J connectivity index is 0.00000108. The third-order valence-corrected chi connectivity index (χ3v) is 4.47. The van der Waals surface area contributed by atoms with Gasteiger partial charge in [-0.1, -0.05) is 0 Å². The van der Waals surface area contributed by atoms with Crippen LogP contribution in [0.4, 0.5) is 0 Å². The maximum atomic E-state index is 10.3. The molecule has 4 aliphatic heterocycles. The maximum absolute atomic E-state index is 10.3. The SMILES string of the molecule is Cl.OC1C2CCN(CC2)C1CN1CCOCC1. The van der Waals surface area contributed by atoms with E-state index in [1.165, 1.54) is 25.9 Å². The monoisotopic (exact) mass is 262 g/mol. The van der Waals surface area contributed by atoms with E-state index in [1.807, 2.05) is 0 Å². The number of morpholine rings is 1. The van der Waals surface area contributed by atoms with Crippen LogP contribution < -0.4 is 0 Å². The topological polar surface area (TPSA) is 35.9 Å². The number of piperidine rings is 3. The number of aliphatic hydroxyl groups excluding tert-OH is 1. The lowest BCUT2D eigenvalue weighted by Gasteiger charge is -2.50. The van der Waals surface area contributed by atoms with Crippen molar-refractivity contribution >= 4 is 12.4 Å². The average Bonchev–Trinajstić information content (AvgIpc) is 2.36. The Kier molecular flexibility index (Phi) is 4.66. The number of aliphatic hydroxyl groups is 1. The van der Waals surface area contributed by atoms with Crippen LogP contribution in [0, 0.1) is 5.92 Å². The van der Waals surface area contributed by atoms with E-state index in [4.69, 9.17) is 4.74 Å². The fourth-order valence-electron chi connectivity index (χ4n) is 3.39. The number of ether oxygens (including phenoxy) is 1. The molecule has 0 saturated carbocycles. The number of nitrogens with zero attached hydrogens (tertiary/aromatic N) is 2. The zero-order valence-electron chi connectivity index (χ0n) is 10.3. The Morgan fingerprint density at radius 1 is 1.06 bits per heavy atom. The first-order chi connectivity index (χ1) is 7.84. The van der Waals surface area contributed by atoms with Gasteiger partial charge in [0.05, 0.1) is 19.3 Å². The summed E-state index contributed by atoms with van der Waals surface area (Å²) in [6.45, 7) is 7.18. The second kappa shape index (κ2) is 5.85. The fourth-order valence-corrected chi connectivity index (χ4v) is 3.39. The molecule has 0 aromatic heterocycles. The van der Waals surface area contributed by atoms with Gasteiger partial charge in [0.15, 0.2) is 0 Å². The highest BCUT2D eigenvalue weighted by Crippen LogP contribution is 2.32. The molecule has 17 heavy (non-hydrogen) atoms. The number of fused-ring (bicyclic) bond motifs is 3. The molecule has 4 saturated heterocycles. The van der Waals surface area contributed by atoms with Crippen molar-refractivity contribution < 1.29 is 9.84 Å². The minimum Gasteiger partial charge on any atom is -0.391 e. The van der Waals surface area contributed by atoms with Gasteiger partial charge in [-0.3, -0.25) is 9.80 Å². The van der Waals surface area contributed by atoms with Gasteiger partial charge in [0.1, 0.15) is 0 Å². The predicted octanol–water partition coefficient (Wildman–Crippen LogP) is 0.196. The number of hydrogen-bond acceptors (Lipinski definition) is 4. The number of halogens is 1. The molecular formula is C12H23ClN2O2. The van der Waals surface area contributed by atoms with Gasteiger partial charge in [-0.2, -0.15) is 0 Å². The second-order valence-electron chi connectivity index (χ2n) is 5.34. The van der Waals surface area contributed by atoms with Crippen molar-refractivity contribution in [2.24, 2.45) is 5.92 Å². The Hall–Kier alpha value is 0.130. The van der Waals surface area contributed by atoms with Crippen molar-refractivity contribution in [1.29, 1.82) is 0 Å². The van der Waals surface area contributed by atoms with Crippen LogP contribution in [0.1, 0.15) is 12.8 Å². The minimum absolute atomic E-state index is 0. The Labute approximate surface area is 109 Å². The van der Waals surface area contributed by atoms with Crippen molar-refractivity contribution in [3.63, 3.8) is 0 Å². The van der Waals surface area contributed by atoms with Crippen LogP contribution in [0.3, 0.4) is 0 Å². The summed E-state index contributed by atoms with van der Waals surface area (Å²) in [4.78, 5) is 4.93. The third kappa shape index (κ3) is 2.76. The van der Waals surface area contributed by atoms with Crippen molar-refractivity contribution in [2.45, 2.75) is 25.0 Å². The first-order valence-electron chi connectivity index (χ1n) is 6.57. The smallest absolute Gasteiger partial charge is 0.0736 e. The van der Waals surface area contributed by atoms with Gasteiger partial charge in [-0.15, -0.1) is 12.4 Å². The summed E-state index contributed by atoms with van der Waals surface area (Å²) < 4.78 is 5.36. The third-order valence-electron chi connectivity index (χ3n) is 4.47. The van der Waals surface area contributed by atoms with Gasteiger partial charge in [0.25, 0.3) is 0 Å². The molecule has 0 aliphatic carbocycles. The van der Waals surface area contributed by atoms with Crippen LogP contribution in [0.5, 0.6) is 0 Å². The fraction of sp³-hybridized carbons (Fsp3) is 1.00. The van der Waals surface area contributed by atoms with E-state index >= 15 is 0 Å². The molecule has 2 bridgehead atoms. The summed E-state index contributed by atoms with van der Waals surface area (Å²) in [5.41, 5.74) is 0. The molecule has 4 heterocycles. The molecule has 0 amide bonds. The molecule has 5 heteroatoms. The molecule has 1 N–H and O–H groups in total. The largest absolute Gasteiger partial charge is 0.391 e. The highest BCUT2D eigenvalue weighted by molar-refractivity contribution is 5.85. The van der Waals surface area contributed by atoms with Crippen LogP contribution in [-0.4, -0.2) is 73.0 Å². The molecule has 0 aromatic rings. The minimum atomic E-state index is -0.0923. The molecule has 2 unspecified atom stereocenters. The Bertz CT molecular complexity index is 239. The van der Waals surface area contributed by atoms with Crippen molar-refractivity contribution in [1.82, 2.24) is 9.80 Å². The Morgan fingerprint density at radius 2 is 1.71 bits per heavy atom. The second-order valence-corrected chi connectivity index (χ2v) is 5.34. The Morgan fingerprint density at radius 3 is 2.29 bits per heavy atom. The summed E-state index contributed by atoms with van der Waals surface area (Å²) in [6, 6.07) is 0.380. The highest BCUT2D eigenvalue weighted by atomic mass is 35.5. The summed E-state index contributed by atoms with van der Waals surface area (Å²) >= 11 is 0. The zero-order valence-corrected chi connectivity index (χ0v) is 11.1. The summed E-state index contributed by atoms with van der Waals surface area (Å²) in [7, 11) is 0. The van der Waals surface area contributed by atoms with E-state index in [2.05, 4.69) is 9.80 Å². The first kappa shape index (κ1) is 13.6. The van der Waals surface area contributed by atoms with E-state index in [0.29, 0.717) is 12.0 Å². The highest BCUT2D eigenvalue weighted by Gasteiger charge is 2.41. The van der Waals surface area contributed by atoms with Crippen LogP contribution in [0.2, 0.25) is 0 Å². The molecule has 4 nitrogen and oxygen atoms in total. The molecule has 4 rings (SSSR count). The molecule has 100 valence electrons. The van der Waals surface area contributed by atoms with Crippen molar-refractivity contribution in [3.8, 4) is 0 Å². The molecule has 2 atom stereocenters. The lowest BCUT2D eigenvalue weighted by atomic mass is 9.80. The van der Waals surface area contributed by atoms with Gasteiger partial charge in [0, 0.05) is 25.7 Å². The van der Waals surface area contributed by atoms with Gasteiger partial charge < -0.3 is 9.84 Å². The van der Waals surface area contributed by atoms with Crippen LogP contribution >= 0.6 is 12.4 Å². The molecule has 4 fully saturated rings. The number of rotatable bonds is 2. The number of hydrogen-bond donors (Lipinski definition) is 1. The summed E-state index contributed by atoms with van der Waals surface area (Å²) in [6.07, 6.45) is 2.30. The normalized spacial score (nSPS) is 42.2. The zero-order chi connectivity index (χ0) is 11.0. The quantitative estimate of drug-likeness (QED) is 0.771. The summed E-state index contributed by atoms with van der Waals surface area (Å²) in [5.74, 6) is 0.566. The lowest BCUT2D eigenvalue weighted by molar-refractivity contribution is -0.0883. The van der Waals surface area contributed by atoms with Crippen LogP contribution in [0.15, 0.2) is 0 Å². The van der Waals surface area contributed by atoms with Crippen LogP contribution in [0.25, 0.3) is 0 Å². The van der Waals surface area contributed by atoms with Gasteiger partial charge in [0.2, 0.25) is 0 Å². The predicted molar refractivity (Wildman–Crippen MR) is 68.6 cm³/mol. The summed E-state index contributed by atoms with van der Waals surface area (Å²) in [5, 5.41) is 10.3. The standard InChI is InChI=1S/C12H22N2O2.ClH/c15-12-10-1-3-14(4-2-10)11(12)9-13-5-7-16-8-6-13;/h10-12,15H,1-9H2;1H.